The lowest BCUT2D eigenvalue weighted by Crippen LogP contribution is -2.21. The Labute approximate surface area is 110 Å². The van der Waals surface area contributed by atoms with Crippen molar-refractivity contribution in [3.05, 3.63) is 34.3 Å². The lowest BCUT2D eigenvalue weighted by atomic mass is 10.0. The van der Waals surface area contributed by atoms with Crippen LogP contribution in [-0.2, 0) is 4.74 Å². The number of carbonyl (C=O) groups excluding carboxylic acids is 1. The number of ether oxygens (including phenoxy) is 1. The molecule has 0 heterocycles. The van der Waals surface area contributed by atoms with Gasteiger partial charge in [-0.1, -0.05) is 17.7 Å². The van der Waals surface area contributed by atoms with Crippen LogP contribution < -0.4 is 5.73 Å². The van der Waals surface area contributed by atoms with E-state index in [0.29, 0.717) is 5.56 Å². The number of nitrogens with two attached hydrogens (primary N) is 1. The van der Waals surface area contributed by atoms with Crippen LogP contribution in [0.4, 0.5) is 0 Å². The first kappa shape index (κ1) is 14.9. The summed E-state index contributed by atoms with van der Waals surface area (Å²) in [6, 6.07) is 4.39. The molecule has 0 saturated heterocycles. The fourth-order valence-electron chi connectivity index (χ4n) is 1.54. The number of methoxy groups -OCH3 is 1. The van der Waals surface area contributed by atoms with Crippen molar-refractivity contribution < 1.29 is 19.7 Å². The second-order valence-corrected chi connectivity index (χ2v) is 4.23. The quantitative estimate of drug-likeness (QED) is 0.692. The Morgan fingerprint density at radius 2 is 2.17 bits per heavy atom. The molecule has 0 radical (unpaired) electrons. The maximum Gasteiger partial charge on any atom is 0.339 e. The third-order valence-corrected chi connectivity index (χ3v) is 2.88. The number of aliphatic hydroxyl groups is 2. The molecule has 1 aromatic carbocycles. The predicted octanol–water partition coefficient (Wildman–Crippen LogP) is 0.870. The summed E-state index contributed by atoms with van der Waals surface area (Å²) in [5.74, 6) is -0.552. The maximum absolute atomic E-state index is 11.3. The van der Waals surface area contributed by atoms with E-state index in [0.717, 1.165) is 0 Å². The smallest absolute Gasteiger partial charge is 0.339 e. The SMILES string of the molecule is COC(=O)c1ccc(C(O)C(O)CCN)cc1Cl. The van der Waals surface area contributed by atoms with Crippen molar-refractivity contribution in [1.29, 1.82) is 0 Å². The van der Waals surface area contributed by atoms with E-state index in [9.17, 15) is 15.0 Å². The number of halogens is 1. The van der Waals surface area contributed by atoms with Gasteiger partial charge in [-0.15, -0.1) is 0 Å². The fourth-order valence-corrected chi connectivity index (χ4v) is 1.81. The van der Waals surface area contributed by atoms with Crippen LogP contribution in [0, 0.1) is 0 Å². The summed E-state index contributed by atoms with van der Waals surface area (Å²) in [6.45, 7) is 0.270. The van der Waals surface area contributed by atoms with Crippen LogP contribution in [0.15, 0.2) is 18.2 Å². The maximum atomic E-state index is 11.3. The highest BCUT2D eigenvalue weighted by Crippen LogP contribution is 2.25. The van der Waals surface area contributed by atoms with Gasteiger partial charge in [0.05, 0.1) is 23.8 Å². The first-order valence-corrected chi connectivity index (χ1v) is 5.83. The lowest BCUT2D eigenvalue weighted by molar-refractivity contribution is 0.0150. The van der Waals surface area contributed by atoms with Crippen molar-refractivity contribution >= 4 is 17.6 Å². The summed E-state index contributed by atoms with van der Waals surface area (Å²) in [5.41, 5.74) is 5.93. The van der Waals surface area contributed by atoms with E-state index >= 15 is 0 Å². The third-order valence-electron chi connectivity index (χ3n) is 2.57. The fraction of sp³-hybridized carbons (Fsp3) is 0.417. The summed E-state index contributed by atoms with van der Waals surface area (Å²) >= 11 is 5.91. The van der Waals surface area contributed by atoms with Crippen LogP contribution in [0.25, 0.3) is 0 Å². The molecule has 0 aliphatic rings. The molecular formula is C12H16ClNO4. The molecule has 5 nitrogen and oxygen atoms in total. The van der Waals surface area contributed by atoms with Crippen LogP contribution in [0.5, 0.6) is 0 Å². The molecule has 0 amide bonds. The molecule has 0 aliphatic heterocycles. The third kappa shape index (κ3) is 3.43. The highest BCUT2D eigenvalue weighted by Gasteiger charge is 2.19. The number of hydrogen-bond donors (Lipinski definition) is 3. The van der Waals surface area contributed by atoms with Crippen molar-refractivity contribution in [3.8, 4) is 0 Å². The van der Waals surface area contributed by atoms with Gasteiger partial charge in [0.25, 0.3) is 0 Å². The average Bonchev–Trinajstić information content (AvgIpc) is 2.37. The Bertz CT molecular complexity index is 425. The van der Waals surface area contributed by atoms with Gasteiger partial charge in [0.1, 0.15) is 6.10 Å². The molecule has 1 rings (SSSR count). The van der Waals surface area contributed by atoms with Crippen LogP contribution in [0.3, 0.4) is 0 Å². The minimum absolute atomic E-state index is 0.165. The van der Waals surface area contributed by atoms with Gasteiger partial charge in [-0.3, -0.25) is 0 Å². The molecular weight excluding hydrogens is 258 g/mol. The van der Waals surface area contributed by atoms with Gasteiger partial charge < -0.3 is 20.7 Å². The van der Waals surface area contributed by atoms with Gasteiger partial charge in [0, 0.05) is 0 Å². The molecule has 0 aliphatic carbocycles. The summed E-state index contributed by atoms with van der Waals surface area (Å²) in [5, 5.41) is 19.6. The first-order chi connectivity index (χ1) is 8.51. The summed E-state index contributed by atoms with van der Waals surface area (Å²) in [4.78, 5) is 11.3. The number of esters is 1. The molecule has 2 atom stereocenters. The number of hydrogen-bond acceptors (Lipinski definition) is 5. The van der Waals surface area contributed by atoms with E-state index in [1.165, 1.54) is 25.3 Å². The standard InChI is InChI=1S/C12H16ClNO4/c1-18-12(17)8-3-2-7(6-9(8)13)11(16)10(15)4-5-14/h2-3,6,10-11,15-16H,4-5,14H2,1H3. The van der Waals surface area contributed by atoms with E-state index < -0.39 is 18.2 Å². The normalized spacial score (nSPS) is 14.1. The molecule has 6 heteroatoms. The van der Waals surface area contributed by atoms with Crippen LogP contribution in [0.1, 0.15) is 28.4 Å². The molecule has 100 valence electrons. The second-order valence-electron chi connectivity index (χ2n) is 3.82. The Kier molecular flexibility index (Phi) is 5.55. The summed E-state index contributed by atoms with van der Waals surface area (Å²) in [7, 11) is 1.26. The highest BCUT2D eigenvalue weighted by atomic mass is 35.5. The van der Waals surface area contributed by atoms with E-state index in [1.807, 2.05) is 0 Å². The molecule has 4 N–H and O–H groups in total. The van der Waals surface area contributed by atoms with E-state index in [2.05, 4.69) is 4.74 Å². The van der Waals surface area contributed by atoms with Crippen LogP contribution in [-0.4, -0.2) is 35.9 Å². The van der Waals surface area contributed by atoms with Gasteiger partial charge in [-0.05, 0) is 30.7 Å². The molecule has 0 fully saturated rings. The zero-order chi connectivity index (χ0) is 13.7. The second kappa shape index (κ2) is 6.70. The first-order valence-electron chi connectivity index (χ1n) is 5.45. The Hall–Kier alpha value is -1.14. The predicted molar refractivity (Wildman–Crippen MR) is 67.4 cm³/mol. The Morgan fingerprint density at radius 1 is 1.50 bits per heavy atom. The minimum atomic E-state index is -1.09. The zero-order valence-electron chi connectivity index (χ0n) is 9.97. The van der Waals surface area contributed by atoms with Gasteiger partial charge >= 0.3 is 5.97 Å². The van der Waals surface area contributed by atoms with E-state index in [4.69, 9.17) is 17.3 Å². The monoisotopic (exact) mass is 273 g/mol. The molecule has 0 spiro atoms. The van der Waals surface area contributed by atoms with E-state index in [1.54, 1.807) is 0 Å². The average molecular weight is 274 g/mol. The van der Waals surface area contributed by atoms with Crippen molar-refractivity contribution in [2.75, 3.05) is 13.7 Å². The van der Waals surface area contributed by atoms with E-state index in [-0.39, 0.29) is 23.6 Å². The molecule has 0 saturated carbocycles. The van der Waals surface area contributed by atoms with Crippen LogP contribution >= 0.6 is 11.6 Å². The van der Waals surface area contributed by atoms with Crippen molar-refractivity contribution in [3.63, 3.8) is 0 Å². The van der Waals surface area contributed by atoms with Crippen LogP contribution in [0.2, 0.25) is 5.02 Å². The van der Waals surface area contributed by atoms with Gasteiger partial charge in [0.2, 0.25) is 0 Å². The number of benzene rings is 1. The van der Waals surface area contributed by atoms with Gasteiger partial charge in [-0.25, -0.2) is 4.79 Å². The molecule has 18 heavy (non-hydrogen) atoms. The zero-order valence-corrected chi connectivity index (χ0v) is 10.7. The highest BCUT2D eigenvalue weighted by molar-refractivity contribution is 6.33. The molecule has 0 bridgehead atoms. The molecule has 0 aromatic heterocycles. The lowest BCUT2D eigenvalue weighted by Gasteiger charge is -2.18. The topological polar surface area (TPSA) is 92.8 Å². The summed E-state index contributed by atoms with van der Waals surface area (Å²) in [6.07, 6.45) is -1.77. The van der Waals surface area contributed by atoms with Crippen molar-refractivity contribution in [2.45, 2.75) is 18.6 Å². The number of carbonyl (C=O) groups is 1. The number of aliphatic hydroxyl groups excluding tert-OH is 2. The minimum Gasteiger partial charge on any atom is -0.465 e. The Morgan fingerprint density at radius 3 is 2.67 bits per heavy atom. The summed E-state index contributed by atoms with van der Waals surface area (Å²) < 4.78 is 4.55. The van der Waals surface area contributed by atoms with Gasteiger partial charge in [0.15, 0.2) is 0 Å². The van der Waals surface area contributed by atoms with Crippen molar-refractivity contribution in [1.82, 2.24) is 0 Å². The molecule has 1 aromatic rings. The van der Waals surface area contributed by atoms with Gasteiger partial charge in [-0.2, -0.15) is 0 Å². The largest absolute Gasteiger partial charge is 0.465 e. The van der Waals surface area contributed by atoms with Crippen molar-refractivity contribution in [2.24, 2.45) is 5.73 Å². The molecule has 2 unspecified atom stereocenters. The Balaban J connectivity index is 2.93. The number of rotatable bonds is 5.